The number of hydrogen-bond acceptors (Lipinski definition) is 4. The Bertz CT molecular complexity index is 706. The highest BCUT2D eigenvalue weighted by atomic mass is 16.5. The monoisotopic (exact) mass is 314 g/mol. The summed E-state index contributed by atoms with van der Waals surface area (Å²) < 4.78 is 5.64. The van der Waals surface area contributed by atoms with Gasteiger partial charge in [0.15, 0.2) is 5.78 Å². The molecule has 4 nitrogen and oxygen atoms in total. The lowest BCUT2D eigenvalue weighted by atomic mass is 9.32. The molecule has 4 bridgehead atoms. The summed E-state index contributed by atoms with van der Waals surface area (Å²) in [5, 5.41) is 10.9. The van der Waals surface area contributed by atoms with E-state index in [0.29, 0.717) is 25.0 Å². The lowest BCUT2D eigenvalue weighted by Gasteiger charge is -2.71. The topological polar surface area (TPSA) is 63.6 Å². The summed E-state index contributed by atoms with van der Waals surface area (Å²) in [6.45, 7) is 6.49. The fourth-order valence-electron chi connectivity index (χ4n) is 6.86. The Kier molecular flexibility index (Phi) is 2.31. The average molecular weight is 314 g/mol. The largest absolute Gasteiger partial charge is 0.465 e. The van der Waals surface area contributed by atoms with Gasteiger partial charge < -0.3 is 9.84 Å². The lowest BCUT2D eigenvalue weighted by Crippen LogP contribution is -2.74. The van der Waals surface area contributed by atoms with Crippen LogP contribution in [0.3, 0.4) is 0 Å². The van der Waals surface area contributed by atoms with Gasteiger partial charge in [0.1, 0.15) is 0 Å². The Labute approximate surface area is 135 Å². The molecule has 3 saturated carbocycles. The maximum atomic E-state index is 13.0. The molecule has 6 aliphatic rings. The van der Waals surface area contributed by atoms with E-state index in [1.807, 2.05) is 6.08 Å². The van der Waals surface area contributed by atoms with Gasteiger partial charge in [-0.1, -0.05) is 31.6 Å². The SMILES string of the molecule is C=C1C=C2C[C@@]3(C1=O)C2C12CCC[C@@](C)(COC1=O)C2C[C@H]3O. The second kappa shape index (κ2) is 3.80. The fourth-order valence-corrected chi connectivity index (χ4v) is 6.86. The Morgan fingerprint density at radius 2 is 2.09 bits per heavy atom. The summed E-state index contributed by atoms with van der Waals surface area (Å²) in [4.78, 5) is 25.8. The smallest absolute Gasteiger partial charge is 0.313 e. The number of carbonyl (C=O) groups is 2. The number of fused-ring (bicyclic) bond motifs is 2. The van der Waals surface area contributed by atoms with Crippen LogP contribution < -0.4 is 0 Å². The van der Waals surface area contributed by atoms with E-state index < -0.39 is 16.9 Å². The molecule has 0 radical (unpaired) electrons. The molecule has 1 saturated heterocycles. The second-order valence-corrected chi connectivity index (χ2v) is 8.65. The van der Waals surface area contributed by atoms with Crippen molar-refractivity contribution in [2.75, 3.05) is 6.61 Å². The molecule has 0 aromatic carbocycles. The number of ketones is 1. The molecule has 1 N–H and O–H groups in total. The number of rotatable bonds is 0. The average Bonchev–Trinajstić information content (AvgIpc) is 2.48. The molecule has 0 aromatic heterocycles. The summed E-state index contributed by atoms with van der Waals surface area (Å²) >= 11 is 0. The van der Waals surface area contributed by atoms with Crippen LogP contribution in [0.15, 0.2) is 23.8 Å². The third kappa shape index (κ3) is 1.24. The van der Waals surface area contributed by atoms with Gasteiger partial charge in [-0.3, -0.25) is 9.59 Å². The molecule has 0 amide bonds. The van der Waals surface area contributed by atoms with Gasteiger partial charge in [-0.2, -0.15) is 0 Å². The molecule has 4 fully saturated rings. The summed E-state index contributed by atoms with van der Waals surface area (Å²) in [6.07, 6.45) is 5.13. The second-order valence-electron chi connectivity index (χ2n) is 8.65. The first kappa shape index (κ1) is 14.0. The zero-order chi connectivity index (χ0) is 16.2. The Hall–Kier alpha value is -1.42. The third-order valence-corrected chi connectivity index (χ3v) is 7.74. The Morgan fingerprint density at radius 1 is 1.30 bits per heavy atom. The molecular formula is C19H22O4. The van der Waals surface area contributed by atoms with E-state index in [9.17, 15) is 14.7 Å². The Morgan fingerprint density at radius 3 is 2.87 bits per heavy atom. The molecule has 6 atom stereocenters. The van der Waals surface area contributed by atoms with Crippen LogP contribution in [0.2, 0.25) is 0 Å². The van der Waals surface area contributed by atoms with E-state index in [1.54, 1.807) is 0 Å². The van der Waals surface area contributed by atoms with Crippen LogP contribution in [0, 0.1) is 28.1 Å². The number of cyclic esters (lactones) is 1. The molecule has 122 valence electrons. The molecule has 1 heterocycles. The van der Waals surface area contributed by atoms with Crippen molar-refractivity contribution in [3.8, 4) is 0 Å². The van der Waals surface area contributed by atoms with Gasteiger partial charge in [-0.15, -0.1) is 0 Å². The van der Waals surface area contributed by atoms with Gasteiger partial charge in [-0.25, -0.2) is 0 Å². The van der Waals surface area contributed by atoms with Crippen LogP contribution in [0.1, 0.15) is 39.0 Å². The van der Waals surface area contributed by atoms with Gasteiger partial charge in [0.05, 0.1) is 23.5 Å². The van der Waals surface area contributed by atoms with Crippen LogP contribution in [0.4, 0.5) is 0 Å². The zero-order valence-corrected chi connectivity index (χ0v) is 13.4. The quantitative estimate of drug-likeness (QED) is 0.550. The number of aliphatic hydroxyl groups excluding tert-OH is 1. The molecule has 1 spiro atoms. The van der Waals surface area contributed by atoms with Crippen LogP contribution in [0.25, 0.3) is 0 Å². The zero-order valence-electron chi connectivity index (χ0n) is 13.4. The number of Topliss-reactive ketones (excluding diaryl/α,β-unsaturated/α-hetero) is 1. The van der Waals surface area contributed by atoms with Crippen LogP contribution in [0.5, 0.6) is 0 Å². The van der Waals surface area contributed by atoms with E-state index >= 15 is 0 Å². The Balaban J connectivity index is 1.75. The van der Waals surface area contributed by atoms with Gasteiger partial charge in [0.25, 0.3) is 0 Å². The van der Waals surface area contributed by atoms with Crippen molar-refractivity contribution >= 4 is 11.8 Å². The maximum Gasteiger partial charge on any atom is 0.313 e. The molecule has 3 unspecified atom stereocenters. The van der Waals surface area contributed by atoms with E-state index in [1.165, 1.54) is 0 Å². The van der Waals surface area contributed by atoms with E-state index in [2.05, 4.69) is 13.5 Å². The van der Waals surface area contributed by atoms with E-state index in [0.717, 1.165) is 24.8 Å². The highest BCUT2D eigenvalue weighted by Crippen LogP contribution is 2.75. The van der Waals surface area contributed by atoms with Gasteiger partial charge in [0.2, 0.25) is 0 Å². The normalized spacial score (nSPS) is 53.6. The number of esters is 1. The van der Waals surface area contributed by atoms with Crippen molar-refractivity contribution in [2.24, 2.45) is 28.1 Å². The van der Waals surface area contributed by atoms with Crippen molar-refractivity contribution < 1.29 is 19.4 Å². The number of allylic oxidation sites excluding steroid dienone is 3. The molecule has 6 rings (SSSR count). The summed E-state index contributed by atoms with van der Waals surface area (Å²) in [5.74, 6) is -0.245. The molecule has 0 aromatic rings. The van der Waals surface area contributed by atoms with Crippen LogP contribution in [-0.4, -0.2) is 29.6 Å². The predicted octanol–water partition coefficient (Wildman–Crippen LogP) is 2.17. The first-order chi connectivity index (χ1) is 10.9. The fraction of sp³-hybridized carbons (Fsp3) is 0.684. The molecular weight excluding hydrogens is 292 g/mol. The van der Waals surface area contributed by atoms with Crippen LogP contribution in [-0.2, 0) is 14.3 Å². The highest BCUT2D eigenvalue weighted by Gasteiger charge is 2.78. The van der Waals surface area contributed by atoms with E-state index in [4.69, 9.17) is 4.74 Å². The summed E-state index contributed by atoms with van der Waals surface area (Å²) in [5.41, 5.74) is 0.122. The minimum absolute atomic E-state index is 0.0523. The minimum atomic E-state index is -0.813. The first-order valence-corrected chi connectivity index (χ1v) is 8.66. The predicted molar refractivity (Wildman–Crippen MR) is 82.2 cm³/mol. The highest BCUT2D eigenvalue weighted by molar-refractivity contribution is 6.07. The summed E-state index contributed by atoms with van der Waals surface area (Å²) in [7, 11) is 0. The number of ether oxygens (including phenoxy) is 1. The summed E-state index contributed by atoms with van der Waals surface area (Å²) in [6, 6.07) is 0. The molecule has 4 heteroatoms. The van der Waals surface area contributed by atoms with Crippen molar-refractivity contribution in [2.45, 2.75) is 45.1 Å². The number of carbonyl (C=O) groups excluding carboxylic acids is 2. The number of aliphatic hydroxyl groups is 1. The van der Waals surface area contributed by atoms with Gasteiger partial charge >= 0.3 is 5.97 Å². The minimum Gasteiger partial charge on any atom is -0.465 e. The first-order valence-electron chi connectivity index (χ1n) is 8.66. The number of hydrogen-bond donors (Lipinski definition) is 1. The van der Waals surface area contributed by atoms with Crippen LogP contribution >= 0.6 is 0 Å². The maximum absolute atomic E-state index is 13.0. The van der Waals surface area contributed by atoms with Gasteiger partial charge in [-0.05, 0) is 31.6 Å². The van der Waals surface area contributed by atoms with E-state index in [-0.39, 0.29) is 29.0 Å². The van der Waals surface area contributed by atoms with Crippen molar-refractivity contribution in [1.82, 2.24) is 0 Å². The third-order valence-electron chi connectivity index (χ3n) is 7.74. The molecule has 5 aliphatic carbocycles. The molecule has 23 heavy (non-hydrogen) atoms. The van der Waals surface area contributed by atoms with Crippen molar-refractivity contribution in [3.63, 3.8) is 0 Å². The standard InChI is InChI=1S/C19H22O4/c1-10-6-11-8-19(15(10)21)13(20)7-12-17(2)4-3-5-18(12,14(11)19)16(22)23-9-17/h6,12-14,20H,1,3-5,7-9H2,2H3/t12?,13-,14?,17+,18?,19+/m1/s1. The van der Waals surface area contributed by atoms with Gasteiger partial charge in [0, 0.05) is 16.9 Å². The van der Waals surface area contributed by atoms with Crippen molar-refractivity contribution in [1.29, 1.82) is 0 Å². The van der Waals surface area contributed by atoms with Crippen molar-refractivity contribution in [3.05, 3.63) is 23.8 Å². The molecule has 1 aliphatic heterocycles. The lowest BCUT2D eigenvalue weighted by molar-refractivity contribution is -0.250.